The molecule has 0 saturated heterocycles. The quantitative estimate of drug-likeness (QED) is 0.406. The summed E-state index contributed by atoms with van der Waals surface area (Å²) < 4.78 is 6.89. The lowest BCUT2D eigenvalue weighted by Gasteiger charge is -2.04. The number of fused-ring (bicyclic) bond motifs is 1. The van der Waals surface area contributed by atoms with Gasteiger partial charge in [-0.1, -0.05) is 24.3 Å². The van der Waals surface area contributed by atoms with Crippen molar-refractivity contribution >= 4 is 16.5 Å². The van der Waals surface area contributed by atoms with E-state index in [2.05, 4.69) is 15.3 Å². The molecule has 0 bridgehead atoms. The summed E-state index contributed by atoms with van der Waals surface area (Å²) in [6.45, 7) is 1.81. The van der Waals surface area contributed by atoms with Crippen LogP contribution in [0.3, 0.4) is 0 Å². The number of hydrogen-bond acceptors (Lipinski definition) is 7. The summed E-state index contributed by atoms with van der Waals surface area (Å²) in [6.07, 6.45) is 0. The summed E-state index contributed by atoms with van der Waals surface area (Å²) in [5.74, 6) is 0.0905. The number of aromatic nitrogens is 4. The maximum Gasteiger partial charge on any atom is 0.282 e. The van der Waals surface area contributed by atoms with E-state index in [-0.39, 0.29) is 28.6 Å². The molecule has 27 heavy (non-hydrogen) atoms. The molecule has 9 nitrogen and oxygen atoms in total. The second-order valence-corrected chi connectivity index (χ2v) is 6.01. The predicted octanol–water partition coefficient (Wildman–Crippen LogP) is 2.87. The minimum absolute atomic E-state index is 0.0140. The number of nitro groups is 1. The van der Waals surface area contributed by atoms with E-state index in [1.807, 2.05) is 6.92 Å². The highest BCUT2D eigenvalue weighted by atomic mass is 16.6. The van der Waals surface area contributed by atoms with E-state index < -0.39 is 4.92 Å². The Morgan fingerprint density at radius 1 is 1.07 bits per heavy atom. The highest BCUT2D eigenvalue weighted by Crippen LogP contribution is 2.32. The van der Waals surface area contributed by atoms with Gasteiger partial charge in [0, 0.05) is 18.5 Å². The first-order valence-corrected chi connectivity index (χ1v) is 8.01. The number of benzene rings is 2. The van der Waals surface area contributed by atoms with E-state index in [1.54, 1.807) is 36.4 Å². The molecule has 0 radical (unpaired) electrons. The standard InChI is InChI=1S/C18H13N5O4/c1-10-7-8-14(23(25)26)13(9-10)16-19-20-17(27-16)15-11-5-3-4-6-12(11)18(24)22(2)21-15/h3-9H,1-2H3. The van der Waals surface area contributed by atoms with Crippen LogP contribution in [0.1, 0.15) is 5.56 Å². The zero-order valence-corrected chi connectivity index (χ0v) is 14.4. The van der Waals surface area contributed by atoms with E-state index in [0.717, 1.165) is 5.56 Å². The van der Waals surface area contributed by atoms with Crippen LogP contribution in [0.15, 0.2) is 51.7 Å². The van der Waals surface area contributed by atoms with Crippen molar-refractivity contribution < 1.29 is 9.34 Å². The van der Waals surface area contributed by atoms with Crippen molar-refractivity contribution in [1.82, 2.24) is 20.0 Å². The molecule has 0 amide bonds. The van der Waals surface area contributed by atoms with Gasteiger partial charge in [0.25, 0.3) is 23.0 Å². The predicted molar refractivity (Wildman–Crippen MR) is 97.1 cm³/mol. The van der Waals surface area contributed by atoms with Crippen LogP contribution < -0.4 is 5.56 Å². The Morgan fingerprint density at radius 3 is 2.52 bits per heavy atom. The third kappa shape index (κ3) is 2.74. The molecule has 134 valence electrons. The monoisotopic (exact) mass is 363 g/mol. The first kappa shape index (κ1) is 16.6. The van der Waals surface area contributed by atoms with Crippen molar-refractivity contribution in [3.63, 3.8) is 0 Å². The van der Waals surface area contributed by atoms with Crippen LogP contribution in [0.25, 0.3) is 33.8 Å². The topological polar surface area (TPSA) is 117 Å². The van der Waals surface area contributed by atoms with E-state index in [9.17, 15) is 14.9 Å². The average Bonchev–Trinajstić information content (AvgIpc) is 3.14. The number of aryl methyl sites for hydroxylation is 2. The molecule has 0 aliphatic rings. The van der Waals surface area contributed by atoms with Crippen molar-refractivity contribution in [2.75, 3.05) is 0 Å². The third-order valence-corrected chi connectivity index (χ3v) is 4.16. The molecule has 2 aromatic heterocycles. The maximum atomic E-state index is 12.3. The van der Waals surface area contributed by atoms with Gasteiger partial charge in [0.2, 0.25) is 0 Å². The molecule has 9 heteroatoms. The van der Waals surface area contributed by atoms with Crippen molar-refractivity contribution in [3.05, 3.63) is 68.5 Å². The second-order valence-electron chi connectivity index (χ2n) is 6.01. The molecule has 4 aromatic rings. The molecule has 0 aliphatic carbocycles. The summed E-state index contributed by atoms with van der Waals surface area (Å²) in [4.78, 5) is 23.1. The van der Waals surface area contributed by atoms with Gasteiger partial charge >= 0.3 is 0 Å². The van der Waals surface area contributed by atoms with Gasteiger partial charge in [-0.3, -0.25) is 14.9 Å². The minimum Gasteiger partial charge on any atom is -0.414 e. The SMILES string of the molecule is Cc1ccc([N+](=O)[O-])c(-c2nnc(-c3nn(C)c(=O)c4ccccc34)o2)c1. The Bertz CT molecular complexity index is 1260. The molecular formula is C18H13N5O4. The normalized spacial score (nSPS) is 11.0. The van der Waals surface area contributed by atoms with Gasteiger partial charge < -0.3 is 4.42 Å². The van der Waals surface area contributed by atoms with Crippen LogP contribution in [0.5, 0.6) is 0 Å². The maximum absolute atomic E-state index is 12.3. The third-order valence-electron chi connectivity index (χ3n) is 4.16. The van der Waals surface area contributed by atoms with E-state index in [1.165, 1.54) is 17.8 Å². The summed E-state index contributed by atoms with van der Waals surface area (Å²) in [6, 6.07) is 11.6. The first-order chi connectivity index (χ1) is 13.0. The van der Waals surface area contributed by atoms with Gasteiger partial charge in [-0.2, -0.15) is 5.10 Å². The molecule has 0 aliphatic heterocycles. The summed E-state index contributed by atoms with van der Waals surface area (Å²) in [5.41, 5.74) is 1.01. The molecule has 0 N–H and O–H groups in total. The second kappa shape index (κ2) is 6.13. The molecule has 4 rings (SSSR count). The Morgan fingerprint density at radius 2 is 1.78 bits per heavy atom. The minimum atomic E-state index is -0.501. The van der Waals surface area contributed by atoms with Crippen LogP contribution in [0, 0.1) is 17.0 Å². The molecule has 0 atom stereocenters. The summed E-state index contributed by atoms with van der Waals surface area (Å²) >= 11 is 0. The first-order valence-electron chi connectivity index (χ1n) is 8.01. The van der Waals surface area contributed by atoms with Crippen molar-refractivity contribution in [1.29, 1.82) is 0 Å². The lowest BCUT2D eigenvalue weighted by molar-refractivity contribution is -0.384. The number of hydrogen-bond donors (Lipinski definition) is 0. The summed E-state index contributed by atoms with van der Waals surface area (Å²) in [7, 11) is 1.53. The number of nitrogens with zero attached hydrogens (tertiary/aromatic N) is 5. The Kier molecular flexibility index (Phi) is 3.76. The zero-order valence-electron chi connectivity index (χ0n) is 14.4. The fourth-order valence-electron chi connectivity index (χ4n) is 2.87. The summed E-state index contributed by atoms with van der Waals surface area (Å²) in [5, 5.41) is 24.5. The van der Waals surface area contributed by atoms with Crippen LogP contribution in [-0.2, 0) is 7.05 Å². The Balaban J connectivity index is 1.92. The van der Waals surface area contributed by atoms with Gasteiger partial charge in [0.1, 0.15) is 5.56 Å². The van der Waals surface area contributed by atoms with Crippen molar-refractivity contribution in [3.8, 4) is 23.0 Å². The van der Waals surface area contributed by atoms with Gasteiger partial charge in [-0.15, -0.1) is 10.2 Å². The Hall–Kier alpha value is -3.88. The molecule has 0 unspecified atom stereocenters. The van der Waals surface area contributed by atoms with Gasteiger partial charge in [-0.05, 0) is 24.6 Å². The van der Waals surface area contributed by atoms with Crippen LogP contribution in [-0.4, -0.2) is 24.9 Å². The fraction of sp³-hybridized carbons (Fsp3) is 0.111. The smallest absolute Gasteiger partial charge is 0.282 e. The molecule has 0 spiro atoms. The van der Waals surface area contributed by atoms with Crippen molar-refractivity contribution in [2.45, 2.75) is 6.92 Å². The fourth-order valence-corrected chi connectivity index (χ4v) is 2.87. The molecule has 0 saturated carbocycles. The highest BCUT2D eigenvalue weighted by Gasteiger charge is 2.22. The van der Waals surface area contributed by atoms with Crippen LogP contribution >= 0.6 is 0 Å². The van der Waals surface area contributed by atoms with Crippen LogP contribution in [0.4, 0.5) is 5.69 Å². The van der Waals surface area contributed by atoms with Gasteiger partial charge in [0.15, 0.2) is 5.69 Å². The molecular weight excluding hydrogens is 350 g/mol. The van der Waals surface area contributed by atoms with Gasteiger partial charge in [0.05, 0.1) is 10.3 Å². The number of rotatable bonds is 3. The zero-order chi connectivity index (χ0) is 19.1. The average molecular weight is 363 g/mol. The lowest BCUT2D eigenvalue weighted by Crippen LogP contribution is -2.20. The van der Waals surface area contributed by atoms with Gasteiger partial charge in [-0.25, -0.2) is 4.68 Å². The number of nitro benzene ring substituents is 1. The lowest BCUT2D eigenvalue weighted by atomic mass is 10.1. The highest BCUT2D eigenvalue weighted by molar-refractivity contribution is 5.91. The molecule has 2 aromatic carbocycles. The van der Waals surface area contributed by atoms with E-state index >= 15 is 0 Å². The molecule has 2 heterocycles. The van der Waals surface area contributed by atoms with Crippen LogP contribution in [0.2, 0.25) is 0 Å². The molecule has 0 fully saturated rings. The largest absolute Gasteiger partial charge is 0.414 e. The van der Waals surface area contributed by atoms with E-state index in [4.69, 9.17) is 4.42 Å². The van der Waals surface area contributed by atoms with Crippen molar-refractivity contribution in [2.24, 2.45) is 7.05 Å². The Labute approximate surface area is 152 Å². The van der Waals surface area contributed by atoms with E-state index in [0.29, 0.717) is 16.5 Å².